The van der Waals surface area contributed by atoms with Gasteiger partial charge in [0.1, 0.15) is 5.41 Å². The Balaban J connectivity index is 2.12. The van der Waals surface area contributed by atoms with Gasteiger partial charge in [0, 0.05) is 5.57 Å². The summed E-state index contributed by atoms with van der Waals surface area (Å²) in [6.45, 7) is 6.68. The Morgan fingerprint density at radius 2 is 1.18 bits per heavy atom. The summed E-state index contributed by atoms with van der Waals surface area (Å²) >= 11 is 0. The Morgan fingerprint density at radius 1 is 0.788 bits per heavy atom. The third-order valence-electron chi connectivity index (χ3n) is 5.35. The maximum absolute atomic E-state index is 13.9. The summed E-state index contributed by atoms with van der Waals surface area (Å²) in [5.41, 5.74) is 0.683. The van der Waals surface area contributed by atoms with Gasteiger partial charge in [0.05, 0.1) is 0 Å². The van der Waals surface area contributed by atoms with Crippen molar-refractivity contribution >= 4 is 17.9 Å². The largest absolute Gasteiger partial charge is 0.447 e. The van der Waals surface area contributed by atoms with Gasteiger partial charge in [-0.25, -0.2) is 14.4 Å². The molecule has 0 bridgehead atoms. The van der Waals surface area contributed by atoms with Gasteiger partial charge in [-0.05, 0) is 30.0 Å². The van der Waals surface area contributed by atoms with Gasteiger partial charge < -0.3 is 9.47 Å². The summed E-state index contributed by atoms with van der Waals surface area (Å²) in [6.07, 6.45) is -1.07. The van der Waals surface area contributed by atoms with Gasteiger partial charge in [0.25, 0.3) is 0 Å². The van der Waals surface area contributed by atoms with Crippen LogP contribution in [0.15, 0.2) is 103 Å². The van der Waals surface area contributed by atoms with Crippen LogP contribution in [0.4, 0.5) is 0 Å². The molecule has 0 aromatic heterocycles. The zero-order chi connectivity index (χ0) is 23.8. The van der Waals surface area contributed by atoms with Crippen LogP contribution >= 0.6 is 0 Å². The average molecular weight is 443 g/mol. The molecule has 0 fully saturated rings. The Kier molecular flexibility index (Phi) is 7.57. The van der Waals surface area contributed by atoms with Crippen LogP contribution in [0.5, 0.6) is 0 Å². The molecule has 0 aliphatic rings. The van der Waals surface area contributed by atoms with E-state index in [-0.39, 0.29) is 12.0 Å². The molecule has 3 rings (SSSR count). The number of hydrogen-bond donors (Lipinski definition) is 0. The molecule has 0 amide bonds. The predicted molar refractivity (Wildman–Crippen MR) is 125 cm³/mol. The van der Waals surface area contributed by atoms with Gasteiger partial charge in [-0.3, -0.25) is 0 Å². The highest BCUT2D eigenvalue weighted by Gasteiger charge is 2.47. The molecular formula is C28H26O5. The molecule has 33 heavy (non-hydrogen) atoms. The number of ether oxygens (including phenoxy) is 2. The first-order chi connectivity index (χ1) is 15.9. The average Bonchev–Trinajstić information content (AvgIpc) is 2.84. The molecule has 3 aromatic carbocycles. The number of carbonyl (C=O) groups is 3. The van der Waals surface area contributed by atoms with Gasteiger partial charge >= 0.3 is 17.9 Å². The molecule has 0 aliphatic heterocycles. The van der Waals surface area contributed by atoms with E-state index in [2.05, 4.69) is 6.58 Å². The van der Waals surface area contributed by atoms with Crippen molar-refractivity contribution in [2.75, 3.05) is 0 Å². The van der Waals surface area contributed by atoms with Crippen LogP contribution in [0, 0.1) is 0 Å². The predicted octanol–water partition coefficient (Wildman–Crippen LogP) is 4.99. The Hall–Kier alpha value is -3.99. The first-order valence-electron chi connectivity index (χ1n) is 10.7. The van der Waals surface area contributed by atoms with E-state index >= 15 is 0 Å². The highest BCUT2D eigenvalue weighted by Crippen LogP contribution is 2.40. The third kappa shape index (κ3) is 4.93. The summed E-state index contributed by atoms with van der Waals surface area (Å²) in [7, 11) is 0. The van der Waals surface area contributed by atoms with Crippen LogP contribution in [0.2, 0.25) is 0 Å². The summed E-state index contributed by atoms with van der Waals surface area (Å²) < 4.78 is 10.6. The van der Waals surface area contributed by atoms with Gasteiger partial charge in [-0.2, -0.15) is 0 Å². The number of carbonyl (C=O) groups excluding carboxylic acids is 3. The van der Waals surface area contributed by atoms with E-state index in [9.17, 15) is 14.4 Å². The van der Waals surface area contributed by atoms with Crippen LogP contribution < -0.4 is 0 Å². The quantitative estimate of drug-likeness (QED) is 0.213. The first kappa shape index (κ1) is 23.7. The normalized spacial score (nSPS) is 11.8. The van der Waals surface area contributed by atoms with E-state index in [1.54, 1.807) is 6.92 Å². The smallest absolute Gasteiger partial charge is 0.355 e. The van der Waals surface area contributed by atoms with Crippen LogP contribution in [0.1, 0.15) is 37.0 Å². The minimum absolute atomic E-state index is 0.153. The van der Waals surface area contributed by atoms with Gasteiger partial charge in [-0.1, -0.05) is 104 Å². The fourth-order valence-corrected chi connectivity index (χ4v) is 3.68. The van der Waals surface area contributed by atoms with Gasteiger partial charge in [0.15, 0.2) is 6.10 Å². The fourth-order valence-electron chi connectivity index (χ4n) is 3.68. The van der Waals surface area contributed by atoms with Crippen molar-refractivity contribution in [1.29, 1.82) is 0 Å². The second-order valence-electron chi connectivity index (χ2n) is 7.64. The molecule has 3 aromatic rings. The van der Waals surface area contributed by atoms with E-state index in [0.717, 1.165) is 0 Å². The SMILES string of the molecule is C=C(C)C(=O)OC(CC)C(=O)OC(=O)C(c1ccccc1)(c1ccccc1)c1ccccc1. The van der Waals surface area contributed by atoms with Crippen molar-refractivity contribution in [3.05, 3.63) is 120 Å². The van der Waals surface area contributed by atoms with Crippen molar-refractivity contribution in [3.63, 3.8) is 0 Å². The molecule has 5 heteroatoms. The molecule has 0 radical (unpaired) electrons. The van der Waals surface area contributed by atoms with Crippen molar-refractivity contribution in [2.24, 2.45) is 0 Å². The molecule has 0 spiro atoms. The molecule has 5 nitrogen and oxygen atoms in total. The lowest BCUT2D eigenvalue weighted by atomic mass is 9.69. The highest BCUT2D eigenvalue weighted by atomic mass is 16.6. The molecule has 0 heterocycles. The van der Waals surface area contributed by atoms with Gasteiger partial charge in [0.2, 0.25) is 0 Å². The van der Waals surface area contributed by atoms with Crippen LogP contribution in [-0.4, -0.2) is 24.0 Å². The van der Waals surface area contributed by atoms with E-state index < -0.39 is 29.4 Å². The van der Waals surface area contributed by atoms with E-state index in [4.69, 9.17) is 9.47 Å². The minimum Gasteiger partial charge on any atom is -0.447 e. The van der Waals surface area contributed by atoms with Crippen molar-refractivity contribution in [1.82, 2.24) is 0 Å². The molecule has 0 aliphatic carbocycles. The van der Waals surface area contributed by atoms with Crippen LogP contribution in [0.25, 0.3) is 0 Å². The lowest BCUT2D eigenvalue weighted by molar-refractivity contribution is -0.174. The second kappa shape index (κ2) is 10.6. The monoisotopic (exact) mass is 442 g/mol. The number of benzene rings is 3. The van der Waals surface area contributed by atoms with Crippen molar-refractivity contribution in [2.45, 2.75) is 31.8 Å². The molecule has 0 saturated heterocycles. The second-order valence-corrected chi connectivity index (χ2v) is 7.64. The minimum atomic E-state index is -1.41. The summed E-state index contributed by atoms with van der Waals surface area (Å²) in [5, 5.41) is 0. The summed E-state index contributed by atoms with van der Waals surface area (Å²) in [5.74, 6) is -2.42. The number of hydrogen-bond acceptors (Lipinski definition) is 5. The standard InChI is InChI=1S/C28H26O5/c1-4-24(32-25(29)20(2)3)26(30)33-27(31)28(21-14-8-5-9-15-21,22-16-10-6-11-17-22)23-18-12-7-13-19-23/h5-19,24H,2,4H2,1,3H3. The van der Waals surface area contributed by atoms with Crippen LogP contribution in [-0.2, 0) is 29.3 Å². The molecular weight excluding hydrogens is 416 g/mol. The Morgan fingerprint density at radius 3 is 1.52 bits per heavy atom. The Bertz CT molecular complexity index is 1020. The van der Waals surface area contributed by atoms with E-state index in [1.807, 2.05) is 91.0 Å². The summed E-state index contributed by atoms with van der Waals surface area (Å²) in [6, 6.07) is 27.5. The molecule has 168 valence electrons. The summed E-state index contributed by atoms with van der Waals surface area (Å²) in [4.78, 5) is 38.8. The fraction of sp³-hybridized carbons (Fsp3) is 0.179. The molecule has 0 N–H and O–H groups in total. The maximum atomic E-state index is 13.9. The molecule has 1 unspecified atom stereocenters. The lowest BCUT2D eigenvalue weighted by Crippen LogP contribution is -2.43. The Labute approximate surface area is 193 Å². The first-order valence-corrected chi connectivity index (χ1v) is 10.7. The molecule has 1 atom stereocenters. The van der Waals surface area contributed by atoms with Crippen LogP contribution in [0.3, 0.4) is 0 Å². The van der Waals surface area contributed by atoms with E-state index in [0.29, 0.717) is 16.7 Å². The number of rotatable bonds is 8. The molecule has 0 saturated carbocycles. The van der Waals surface area contributed by atoms with Crippen molar-refractivity contribution < 1.29 is 23.9 Å². The zero-order valence-electron chi connectivity index (χ0n) is 18.7. The van der Waals surface area contributed by atoms with Crippen molar-refractivity contribution in [3.8, 4) is 0 Å². The zero-order valence-corrected chi connectivity index (χ0v) is 18.7. The topological polar surface area (TPSA) is 69.7 Å². The van der Waals surface area contributed by atoms with Gasteiger partial charge in [-0.15, -0.1) is 0 Å². The maximum Gasteiger partial charge on any atom is 0.355 e. The lowest BCUT2D eigenvalue weighted by Gasteiger charge is -2.33. The van der Waals surface area contributed by atoms with E-state index in [1.165, 1.54) is 6.92 Å². The number of esters is 3. The third-order valence-corrected chi connectivity index (χ3v) is 5.35. The highest BCUT2D eigenvalue weighted by molar-refractivity contribution is 5.99.